The largest absolute Gasteiger partial charge is 0.481 e. The van der Waals surface area contributed by atoms with Crippen LogP contribution >= 0.6 is 0 Å². The molecule has 4 atom stereocenters. The van der Waals surface area contributed by atoms with Gasteiger partial charge >= 0.3 is 5.97 Å². The van der Waals surface area contributed by atoms with Crippen molar-refractivity contribution in [3.05, 3.63) is 0 Å². The molecule has 74 valence electrons. The Hall–Kier alpha value is -0.530. The van der Waals surface area contributed by atoms with Crippen molar-refractivity contribution < 1.29 is 9.90 Å². The van der Waals surface area contributed by atoms with Crippen LogP contribution in [0.15, 0.2) is 0 Å². The molecule has 1 N–H and O–H groups in total. The zero-order valence-corrected chi connectivity index (χ0v) is 8.36. The molecule has 0 heterocycles. The van der Waals surface area contributed by atoms with Gasteiger partial charge in [-0.05, 0) is 42.9 Å². The first kappa shape index (κ1) is 9.04. The highest BCUT2D eigenvalue weighted by Crippen LogP contribution is 2.55. The van der Waals surface area contributed by atoms with Crippen LogP contribution < -0.4 is 0 Å². The first-order valence-corrected chi connectivity index (χ1v) is 5.32. The summed E-state index contributed by atoms with van der Waals surface area (Å²) in [6.45, 7) is 4.43. The summed E-state index contributed by atoms with van der Waals surface area (Å²) in [4.78, 5) is 11.0. The summed E-state index contributed by atoms with van der Waals surface area (Å²) >= 11 is 0. The highest BCUT2D eigenvalue weighted by Gasteiger charge is 2.51. The third kappa shape index (κ3) is 1.59. The maximum Gasteiger partial charge on any atom is 0.306 e. The third-order valence-electron chi connectivity index (χ3n) is 3.92. The van der Waals surface area contributed by atoms with Gasteiger partial charge < -0.3 is 5.11 Å². The minimum absolute atomic E-state index is 0.0221. The lowest BCUT2D eigenvalue weighted by molar-refractivity contribution is -0.144. The summed E-state index contributed by atoms with van der Waals surface area (Å²) in [5, 5.41) is 9.03. The van der Waals surface area contributed by atoms with Gasteiger partial charge in [0.2, 0.25) is 0 Å². The van der Waals surface area contributed by atoms with Crippen molar-refractivity contribution in [1.29, 1.82) is 0 Å². The van der Waals surface area contributed by atoms with E-state index in [4.69, 9.17) is 5.11 Å². The molecule has 2 fully saturated rings. The van der Waals surface area contributed by atoms with E-state index in [2.05, 4.69) is 13.8 Å². The Balaban J connectivity index is 2.02. The lowest BCUT2D eigenvalue weighted by atomic mass is 9.76. The molecule has 0 aromatic rings. The van der Waals surface area contributed by atoms with Gasteiger partial charge in [-0.3, -0.25) is 4.79 Å². The number of fused-ring (bicyclic) bond motifs is 1. The maximum absolute atomic E-state index is 11.0. The lowest BCUT2D eigenvalue weighted by Gasteiger charge is -2.28. The van der Waals surface area contributed by atoms with E-state index in [1.54, 1.807) is 0 Å². The van der Waals surface area contributed by atoms with Crippen LogP contribution in [0.3, 0.4) is 0 Å². The maximum atomic E-state index is 11.0. The highest BCUT2D eigenvalue weighted by atomic mass is 16.4. The second-order valence-electron chi connectivity index (χ2n) is 5.08. The normalized spacial score (nSPS) is 43.0. The van der Waals surface area contributed by atoms with Crippen molar-refractivity contribution in [3.63, 3.8) is 0 Å². The number of carbonyl (C=O) groups is 1. The first-order valence-electron chi connectivity index (χ1n) is 5.32. The molecule has 0 aliphatic heterocycles. The van der Waals surface area contributed by atoms with Gasteiger partial charge in [-0.2, -0.15) is 0 Å². The summed E-state index contributed by atoms with van der Waals surface area (Å²) in [5.74, 6) is 2.02. The topological polar surface area (TPSA) is 37.3 Å². The van der Waals surface area contributed by atoms with Gasteiger partial charge in [0.25, 0.3) is 0 Å². The fourth-order valence-electron chi connectivity index (χ4n) is 2.85. The average Bonchev–Trinajstić information content (AvgIpc) is 2.79. The van der Waals surface area contributed by atoms with Crippen LogP contribution in [0, 0.1) is 29.6 Å². The van der Waals surface area contributed by atoms with Gasteiger partial charge in [0.1, 0.15) is 0 Å². The monoisotopic (exact) mass is 182 g/mol. The Labute approximate surface area is 79.3 Å². The van der Waals surface area contributed by atoms with Crippen LogP contribution in [0.5, 0.6) is 0 Å². The molecule has 2 aliphatic carbocycles. The molecule has 2 saturated carbocycles. The van der Waals surface area contributed by atoms with E-state index >= 15 is 0 Å². The number of hydrogen-bond donors (Lipinski definition) is 1. The van der Waals surface area contributed by atoms with Crippen molar-refractivity contribution in [2.45, 2.75) is 33.1 Å². The van der Waals surface area contributed by atoms with Gasteiger partial charge in [0, 0.05) is 0 Å². The Bertz CT molecular complexity index is 222. The van der Waals surface area contributed by atoms with Crippen molar-refractivity contribution in [1.82, 2.24) is 0 Å². The van der Waals surface area contributed by atoms with Gasteiger partial charge in [0.15, 0.2) is 0 Å². The minimum atomic E-state index is -0.558. The van der Waals surface area contributed by atoms with Crippen molar-refractivity contribution >= 4 is 5.97 Å². The average molecular weight is 182 g/mol. The molecule has 0 aromatic heterocycles. The fraction of sp³-hybridized carbons (Fsp3) is 0.909. The molecule has 2 rings (SSSR count). The zero-order valence-electron chi connectivity index (χ0n) is 8.36. The SMILES string of the molecule is CC(C)C1CC2CC2C(C(=O)O)C1. The van der Waals surface area contributed by atoms with Crippen molar-refractivity contribution in [2.24, 2.45) is 29.6 Å². The van der Waals surface area contributed by atoms with Crippen molar-refractivity contribution in [3.8, 4) is 0 Å². The Morgan fingerprint density at radius 3 is 2.54 bits per heavy atom. The van der Waals surface area contributed by atoms with Gasteiger partial charge in [-0.1, -0.05) is 13.8 Å². The second-order valence-corrected chi connectivity index (χ2v) is 5.08. The molecule has 0 aromatic carbocycles. The second kappa shape index (κ2) is 3.00. The van der Waals surface area contributed by atoms with Gasteiger partial charge in [0.05, 0.1) is 5.92 Å². The number of rotatable bonds is 2. The standard InChI is InChI=1S/C11H18O2/c1-6(2)7-3-8-5-9(8)10(4-7)11(12)13/h6-10H,3-5H2,1-2H3,(H,12,13). The lowest BCUT2D eigenvalue weighted by Crippen LogP contribution is -2.27. The summed E-state index contributed by atoms with van der Waals surface area (Å²) in [5.41, 5.74) is 0. The quantitative estimate of drug-likeness (QED) is 0.712. The van der Waals surface area contributed by atoms with Crippen LogP contribution in [-0.2, 0) is 4.79 Å². The highest BCUT2D eigenvalue weighted by molar-refractivity contribution is 5.71. The number of aliphatic carboxylic acids is 1. The molecule has 2 aliphatic rings. The van der Waals surface area contributed by atoms with E-state index in [1.807, 2.05) is 0 Å². The Morgan fingerprint density at radius 2 is 2.00 bits per heavy atom. The van der Waals surface area contributed by atoms with E-state index in [0.29, 0.717) is 17.8 Å². The Kier molecular flexibility index (Phi) is 2.09. The predicted octanol–water partition coefficient (Wildman–Crippen LogP) is 2.39. The molecular weight excluding hydrogens is 164 g/mol. The van der Waals surface area contributed by atoms with Gasteiger partial charge in [-0.15, -0.1) is 0 Å². The molecule has 13 heavy (non-hydrogen) atoms. The summed E-state index contributed by atoms with van der Waals surface area (Å²) in [6, 6.07) is 0. The molecule has 4 unspecified atom stereocenters. The molecule has 0 bridgehead atoms. The van der Waals surface area contributed by atoms with Crippen LogP contribution in [0.4, 0.5) is 0 Å². The minimum Gasteiger partial charge on any atom is -0.481 e. The zero-order chi connectivity index (χ0) is 9.59. The number of carboxylic acids is 1. The molecule has 2 heteroatoms. The van der Waals surface area contributed by atoms with Crippen LogP contribution in [0.2, 0.25) is 0 Å². The number of hydrogen-bond acceptors (Lipinski definition) is 1. The molecule has 0 radical (unpaired) electrons. The summed E-state index contributed by atoms with van der Waals surface area (Å²) in [6.07, 6.45) is 3.39. The molecule has 0 spiro atoms. The number of carboxylic acid groups (broad SMARTS) is 1. The smallest absolute Gasteiger partial charge is 0.306 e. The summed E-state index contributed by atoms with van der Waals surface area (Å²) in [7, 11) is 0. The van der Waals surface area contributed by atoms with E-state index in [9.17, 15) is 4.79 Å². The van der Waals surface area contributed by atoms with Crippen LogP contribution in [-0.4, -0.2) is 11.1 Å². The van der Waals surface area contributed by atoms with Crippen molar-refractivity contribution in [2.75, 3.05) is 0 Å². The van der Waals surface area contributed by atoms with Crippen LogP contribution in [0.1, 0.15) is 33.1 Å². The predicted molar refractivity (Wildman–Crippen MR) is 50.3 cm³/mol. The van der Waals surface area contributed by atoms with Crippen LogP contribution in [0.25, 0.3) is 0 Å². The molecule has 0 amide bonds. The first-order chi connectivity index (χ1) is 6.09. The van der Waals surface area contributed by atoms with E-state index in [1.165, 1.54) is 12.8 Å². The van der Waals surface area contributed by atoms with E-state index < -0.39 is 5.97 Å². The van der Waals surface area contributed by atoms with E-state index in [-0.39, 0.29) is 5.92 Å². The Morgan fingerprint density at radius 1 is 1.31 bits per heavy atom. The third-order valence-corrected chi connectivity index (χ3v) is 3.92. The molecular formula is C11H18O2. The molecule has 0 saturated heterocycles. The molecule has 2 nitrogen and oxygen atoms in total. The fourth-order valence-corrected chi connectivity index (χ4v) is 2.85. The van der Waals surface area contributed by atoms with E-state index in [0.717, 1.165) is 12.3 Å². The summed E-state index contributed by atoms with van der Waals surface area (Å²) < 4.78 is 0. The van der Waals surface area contributed by atoms with Gasteiger partial charge in [-0.25, -0.2) is 0 Å².